The van der Waals surface area contributed by atoms with E-state index >= 15 is 0 Å². The highest BCUT2D eigenvalue weighted by atomic mass is 16.5. The van der Waals surface area contributed by atoms with Crippen LogP contribution in [0, 0.1) is 6.92 Å². The summed E-state index contributed by atoms with van der Waals surface area (Å²) in [5.41, 5.74) is 8.69. The molecule has 2 aromatic carbocycles. The molecule has 0 aliphatic carbocycles. The van der Waals surface area contributed by atoms with Gasteiger partial charge in [0.2, 0.25) is 0 Å². The topological polar surface area (TPSA) is 120 Å². The number of fused-ring (bicyclic) bond motifs is 1. The van der Waals surface area contributed by atoms with Crippen LogP contribution in [0.1, 0.15) is 40.4 Å². The minimum absolute atomic E-state index is 0.247. The van der Waals surface area contributed by atoms with Crippen LogP contribution in [0.2, 0.25) is 0 Å². The average molecular weight is 500 g/mol. The van der Waals surface area contributed by atoms with E-state index in [4.69, 9.17) is 15.2 Å². The average Bonchev–Trinajstić information content (AvgIpc) is 3.23. The van der Waals surface area contributed by atoms with Gasteiger partial charge in [0, 0.05) is 35.0 Å². The Morgan fingerprint density at radius 1 is 1.05 bits per heavy atom. The Labute approximate surface area is 214 Å². The number of rotatable bonds is 6. The van der Waals surface area contributed by atoms with E-state index in [1.165, 1.54) is 17.2 Å². The van der Waals surface area contributed by atoms with Gasteiger partial charge in [-0.05, 0) is 74.7 Å². The molecule has 0 bridgehead atoms. The first kappa shape index (κ1) is 24.3. The normalized spacial score (nSPS) is 13.9. The fourth-order valence-electron chi connectivity index (χ4n) is 4.81. The van der Waals surface area contributed by atoms with Gasteiger partial charge >= 0.3 is 6.03 Å². The number of aromatic nitrogens is 2. The van der Waals surface area contributed by atoms with Crippen LogP contribution in [-0.2, 0) is 0 Å². The quantitative estimate of drug-likeness (QED) is 0.351. The molecule has 190 valence electrons. The van der Waals surface area contributed by atoms with Crippen molar-refractivity contribution >= 4 is 28.7 Å². The van der Waals surface area contributed by atoms with E-state index in [0.717, 1.165) is 31.3 Å². The Hall–Kier alpha value is -4.37. The maximum atomic E-state index is 12.8. The fourth-order valence-corrected chi connectivity index (χ4v) is 4.81. The van der Waals surface area contributed by atoms with E-state index in [2.05, 4.69) is 15.6 Å². The lowest BCUT2D eigenvalue weighted by Gasteiger charge is -2.23. The first-order valence-electron chi connectivity index (χ1n) is 12.2. The molecule has 2 amide bonds. The molecule has 1 saturated heterocycles. The van der Waals surface area contributed by atoms with Crippen LogP contribution in [0.4, 0.5) is 10.6 Å². The summed E-state index contributed by atoms with van der Waals surface area (Å²) in [5, 5.41) is 7.00. The summed E-state index contributed by atoms with van der Waals surface area (Å²) in [4.78, 5) is 29.0. The Kier molecular flexibility index (Phi) is 6.78. The molecule has 0 unspecified atom stereocenters. The summed E-state index contributed by atoms with van der Waals surface area (Å²) in [5.74, 6) is 2.00. The third-order valence-corrected chi connectivity index (χ3v) is 6.68. The summed E-state index contributed by atoms with van der Waals surface area (Å²) in [7, 11) is 1.52. The van der Waals surface area contributed by atoms with Crippen LogP contribution in [0.3, 0.4) is 0 Å². The number of amides is 2. The summed E-state index contributed by atoms with van der Waals surface area (Å²) in [6.45, 7) is 3.85. The molecule has 5 rings (SSSR count). The number of anilines is 1. The van der Waals surface area contributed by atoms with Crippen LogP contribution in [0.25, 0.3) is 10.9 Å². The predicted molar refractivity (Wildman–Crippen MR) is 142 cm³/mol. The van der Waals surface area contributed by atoms with E-state index in [1.807, 2.05) is 30.3 Å². The molecule has 1 fully saturated rings. The molecule has 9 nitrogen and oxygen atoms in total. The van der Waals surface area contributed by atoms with Gasteiger partial charge in [0.1, 0.15) is 11.6 Å². The van der Waals surface area contributed by atoms with Gasteiger partial charge in [-0.2, -0.15) is 0 Å². The molecule has 2 aromatic heterocycles. The zero-order chi connectivity index (χ0) is 25.9. The van der Waals surface area contributed by atoms with Crippen molar-refractivity contribution in [2.75, 3.05) is 25.5 Å². The standard InChI is InChI=1S/C28H29N5O4/c1-17-13-21-14-25(24(36-2)16-23(21)33(17)28(29)35)37-22-9-12-31-26(15-22)32-27(34)20-5-3-18(4-6-20)19-7-10-30-11-8-19/h3-6,9,12-16,19,30H,7-8,10-11H2,1-2H3,(H2,29,35)(H,31,32,34). The molecule has 9 heteroatoms. The molecule has 4 aromatic rings. The van der Waals surface area contributed by atoms with Crippen molar-refractivity contribution < 1.29 is 19.1 Å². The predicted octanol–water partition coefficient (Wildman–Crippen LogP) is 4.79. The van der Waals surface area contributed by atoms with Crippen molar-refractivity contribution in [2.45, 2.75) is 25.7 Å². The number of hydrogen-bond donors (Lipinski definition) is 3. The highest BCUT2D eigenvalue weighted by Crippen LogP contribution is 2.37. The minimum Gasteiger partial charge on any atom is -0.493 e. The number of pyridine rings is 1. The van der Waals surface area contributed by atoms with Crippen molar-refractivity contribution in [3.05, 3.63) is 77.6 Å². The number of aryl methyl sites for hydroxylation is 1. The molecule has 4 N–H and O–H groups in total. The van der Waals surface area contributed by atoms with Crippen LogP contribution < -0.4 is 25.8 Å². The van der Waals surface area contributed by atoms with Gasteiger partial charge in [-0.1, -0.05) is 12.1 Å². The van der Waals surface area contributed by atoms with Gasteiger partial charge in [-0.15, -0.1) is 0 Å². The zero-order valence-electron chi connectivity index (χ0n) is 20.8. The highest BCUT2D eigenvalue weighted by molar-refractivity contribution is 6.03. The van der Waals surface area contributed by atoms with Gasteiger partial charge in [0.15, 0.2) is 11.5 Å². The first-order valence-corrected chi connectivity index (χ1v) is 12.2. The van der Waals surface area contributed by atoms with Gasteiger partial charge in [0.05, 0.1) is 12.6 Å². The second-order valence-corrected chi connectivity index (χ2v) is 9.10. The number of nitrogens with two attached hydrogens (primary N) is 1. The second kappa shape index (κ2) is 10.3. The molecular weight excluding hydrogens is 470 g/mol. The molecule has 0 saturated carbocycles. The van der Waals surface area contributed by atoms with Crippen LogP contribution >= 0.6 is 0 Å². The number of hydrogen-bond acceptors (Lipinski definition) is 6. The van der Waals surface area contributed by atoms with Gasteiger partial charge < -0.3 is 25.8 Å². The third-order valence-electron chi connectivity index (χ3n) is 6.68. The molecule has 0 radical (unpaired) electrons. The summed E-state index contributed by atoms with van der Waals surface area (Å²) in [6, 6.07) is 15.9. The Morgan fingerprint density at radius 2 is 1.81 bits per heavy atom. The van der Waals surface area contributed by atoms with Crippen LogP contribution in [-0.4, -0.2) is 41.7 Å². The Morgan fingerprint density at radius 3 is 2.51 bits per heavy atom. The fraction of sp³-hybridized carbons (Fsp3) is 0.250. The van der Waals surface area contributed by atoms with E-state index < -0.39 is 6.03 Å². The Bertz CT molecular complexity index is 1460. The van der Waals surface area contributed by atoms with Gasteiger partial charge in [-0.25, -0.2) is 9.78 Å². The molecule has 37 heavy (non-hydrogen) atoms. The lowest BCUT2D eigenvalue weighted by atomic mass is 9.90. The van der Waals surface area contributed by atoms with E-state index in [1.54, 1.807) is 37.4 Å². The molecule has 0 spiro atoms. The van der Waals surface area contributed by atoms with Crippen molar-refractivity contribution in [1.82, 2.24) is 14.9 Å². The number of benzene rings is 2. The SMILES string of the molecule is COc1cc2c(cc1Oc1ccnc(NC(=O)c3ccc(C4CCNCC4)cc3)c1)cc(C)n2C(N)=O. The highest BCUT2D eigenvalue weighted by Gasteiger charge is 2.17. The monoisotopic (exact) mass is 499 g/mol. The largest absolute Gasteiger partial charge is 0.493 e. The van der Waals surface area contributed by atoms with Gasteiger partial charge in [0.25, 0.3) is 5.91 Å². The van der Waals surface area contributed by atoms with Crippen molar-refractivity contribution in [3.8, 4) is 17.2 Å². The summed E-state index contributed by atoms with van der Waals surface area (Å²) < 4.78 is 13.0. The van der Waals surface area contributed by atoms with Crippen molar-refractivity contribution in [3.63, 3.8) is 0 Å². The number of primary amides is 1. The van der Waals surface area contributed by atoms with E-state index in [9.17, 15) is 9.59 Å². The van der Waals surface area contributed by atoms with E-state index in [-0.39, 0.29) is 5.91 Å². The maximum absolute atomic E-state index is 12.8. The molecule has 1 aliphatic rings. The van der Waals surface area contributed by atoms with Crippen LogP contribution in [0.5, 0.6) is 17.2 Å². The number of nitrogens with one attached hydrogen (secondary N) is 2. The molecule has 3 heterocycles. The minimum atomic E-state index is -0.571. The lowest BCUT2D eigenvalue weighted by molar-refractivity contribution is 0.102. The number of carbonyl (C=O) groups excluding carboxylic acids is 2. The first-order chi connectivity index (χ1) is 17.9. The second-order valence-electron chi connectivity index (χ2n) is 9.10. The molecule has 1 aliphatic heterocycles. The summed E-state index contributed by atoms with van der Waals surface area (Å²) in [6.07, 6.45) is 3.77. The summed E-state index contributed by atoms with van der Waals surface area (Å²) >= 11 is 0. The third kappa shape index (κ3) is 5.12. The van der Waals surface area contributed by atoms with Crippen LogP contribution in [0.15, 0.2) is 60.8 Å². The van der Waals surface area contributed by atoms with Gasteiger partial charge in [-0.3, -0.25) is 9.36 Å². The number of nitrogens with zero attached hydrogens (tertiary/aromatic N) is 2. The number of ether oxygens (including phenoxy) is 2. The number of piperidine rings is 1. The smallest absolute Gasteiger partial charge is 0.323 e. The number of methoxy groups -OCH3 is 1. The zero-order valence-corrected chi connectivity index (χ0v) is 20.8. The molecular formula is C28H29N5O4. The van der Waals surface area contributed by atoms with Crippen molar-refractivity contribution in [1.29, 1.82) is 0 Å². The van der Waals surface area contributed by atoms with Crippen molar-refractivity contribution in [2.24, 2.45) is 5.73 Å². The Balaban J connectivity index is 1.32. The lowest BCUT2D eigenvalue weighted by Crippen LogP contribution is -2.26. The molecule has 0 atom stereocenters. The number of carbonyl (C=O) groups is 2. The maximum Gasteiger partial charge on any atom is 0.323 e. The van der Waals surface area contributed by atoms with E-state index in [0.29, 0.717) is 45.8 Å².